The molecule has 1 aliphatic heterocycles. The average Bonchev–Trinajstić information content (AvgIpc) is 2.58. The fourth-order valence-electron chi connectivity index (χ4n) is 3.35. The van der Waals surface area contributed by atoms with E-state index in [9.17, 15) is 0 Å². The van der Waals surface area contributed by atoms with E-state index >= 15 is 0 Å². The fourth-order valence-corrected chi connectivity index (χ4v) is 3.35. The maximum atomic E-state index is 3.91. The van der Waals surface area contributed by atoms with Gasteiger partial charge >= 0.3 is 0 Å². The number of likely N-dealkylation sites (N-methyl/N-ethyl adjacent to an activating group) is 1. The Labute approximate surface area is 94.4 Å². The van der Waals surface area contributed by atoms with Crippen LogP contribution in [0.15, 0.2) is 0 Å². The first kappa shape index (κ1) is 11.4. The molecule has 2 rings (SSSR count). The number of likely N-dealkylation sites (tertiary alicyclic amines) is 1. The van der Waals surface area contributed by atoms with E-state index < -0.39 is 0 Å². The van der Waals surface area contributed by atoms with Gasteiger partial charge in [0.05, 0.1) is 0 Å². The van der Waals surface area contributed by atoms with Crippen LogP contribution in [0.25, 0.3) is 0 Å². The van der Waals surface area contributed by atoms with Gasteiger partial charge in [0, 0.05) is 18.6 Å². The smallest absolute Gasteiger partial charge is 0.0209 e. The zero-order chi connectivity index (χ0) is 10.8. The van der Waals surface area contributed by atoms with Crippen molar-refractivity contribution < 1.29 is 0 Å². The summed E-state index contributed by atoms with van der Waals surface area (Å²) in [7, 11) is 2.23. The Balaban J connectivity index is 1.86. The summed E-state index contributed by atoms with van der Waals surface area (Å²) >= 11 is 0. The van der Waals surface area contributed by atoms with E-state index in [1.54, 1.807) is 0 Å². The van der Waals surface area contributed by atoms with Crippen molar-refractivity contribution >= 4 is 0 Å². The highest BCUT2D eigenvalue weighted by atomic mass is 15.2. The van der Waals surface area contributed by atoms with Crippen molar-refractivity contribution in [3.63, 3.8) is 0 Å². The van der Waals surface area contributed by atoms with E-state index in [-0.39, 0.29) is 0 Å². The molecular weight excluding hydrogens is 184 g/mol. The van der Waals surface area contributed by atoms with Gasteiger partial charge in [-0.3, -0.25) is 0 Å². The van der Waals surface area contributed by atoms with Crippen molar-refractivity contribution in [3.05, 3.63) is 0 Å². The molecule has 1 saturated carbocycles. The minimum Gasteiger partial charge on any atom is -0.309 e. The van der Waals surface area contributed by atoms with E-state index in [1.807, 2.05) is 0 Å². The zero-order valence-corrected chi connectivity index (χ0v) is 10.5. The molecule has 0 amide bonds. The lowest BCUT2D eigenvalue weighted by Gasteiger charge is -2.37. The molecule has 3 atom stereocenters. The Morgan fingerprint density at radius 2 is 1.73 bits per heavy atom. The molecule has 15 heavy (non-hydrogen) atoms. The van der Waals surface area contributed by atoms with Gasteiger partial charge in [-0.2, -0.15) is 0 Å². The summed E-state index contributed by atoms with van der Waals surface area (Å²) in [5.74, 6) is 1.75. The van der Waals surface area contributed by atoms with Gasteiger partial charge in [0.25, 0.3) is 0 Å². The van der Waals surface area contributed by atoms with E-state index in [2.05, 4.69) is 31.1 Å². The first-order chi connectivity index (χ1) is 7.16. The molecule has 2 heteroatoms. The first-order valence-corrected chi connectivity index (χ1v) is 6.61. The first-order valence-electron chi connectivity index (χ1n) is 6.61. The molecule has 0 radical (unpaired) electrons. The Morgan fingerprint density at radius 1 is 1.07 bits per heavy atom. The third-order valence-corrected chi connectivity index (χ3v) is 4.36. The van der Waals surface area contributed by atoms with Crippen LogP contribution in [0.4, 0.5) is 0 Å². The van der Waals surface area contributed by atoms with Gasteiger partial charge in [-0.1, -0.05) is 20.3 Å². The van der Waals surface area contributed by atoms with Crippen molar-refractivity contribution in [1.82, 2.24) is 10.2 Å². The summed E-state index contributed by atoms with van der Waals surface area (Å²) in [6.45, 7) is 7.36. The molecule has 0 spiro atoms. The highest BCUT2D eigenvalue weighted by Crippen LogP contribution is 2.29. The second kappa shape index (κ2) is 4.84. The normalized spacial score (nSPS) is 43.4. The summed E-state index contributed by atoms with van der Waals surface area (Å²) in [5, 5.41) is 3.91. The summed E-state index contributed by atoms with van der Waals surface area (Å²) in [6, 6.07) is 1.53. The number of nitrogens with zero attached hydrogens (tertiary/aromatic N) is 1. The maximum absolute atomic E-state index is 3.91. The Hall–Kier alpha value is -0.0800. The molecular formula is C13H26N2. The van der Waals surface area contributed by atoms with Crippen LogP contribution in [0.1, 0.15) is 39.5 Å². The largest absolute Gasteiger partial charge is 0.309 e. The summed E-state index contributed by atoms with van der Waals surface area (Å²) in [5.41, 5.74) is 0. The van der Waals surface area contributed by atoms with Gasteiger partial charge < -0.3 is 10.2 Å². The Kier molecular flexibility index (Phi) is 3.68. The molecule has 2 fully saturated rings. The predicted molar refractivity (Wildman–Crippen MR) is 65.0 cm³/mol. The second-order valence-electron chi connectivity index (χ2n) is 5.83. The van der Waals surface area contributed by atoms with Gasteiger partial charge in [-0.15, -0.1) is 0 Å². The quantitative estimate of drug-likeness (QED) is 0.751. The lowest BCUT2D eigenvalue weighted by molar-refractivity contribution is 0.193. The maximum Gasteiger partial charge on any atom is 0.0209 e. The predicted octanol–water partition coefficient (Wildman–Crippen LogP) is 2.10. The molecule has 1 heterocycles. The van der Waals surface area contributed by atoms with E-state index in [0.29, 0.717) is 0 Å². The van der Waals surface area contributed by atoms with E-state index in [1.165, 1.54) is 38.8 Å². The van der Waals surface area contributed by atoms with Gasteiger partial charge in [-0.05, 0) is 44.7 Å². The van der Waals surface area contributed by atoms with Gasteiger partial charge in [0.2, 0.25) is 0 Å². The van der Waals surface area contributed by atoms with E-state index in [0.717, 1.165) is 23.9 Å². The van der Waals surface area contributed by atoms with Crippen LogP contribution in [0, 0.1) is 11.8 Å². The van der Waals surface area contributed by atoms with Gasteiger partial charge in [0.1, 0.15) is 0 Å². The van der Waals surface area contributed by atoms with Gasteiger partial charge in [-0.25, -0.2) is 0 Å². The molecule has 88 valence electrons. The highest BCUT2D eigenvalue weighted by molar-refractivity contribution is 4.89. The molecule has 0 bridgehead atoms. The lowest BCUT2D eigenvalue weighted by atomic mass is 9.78. The molecule has 0 aromatic heterocycles. The highest BCUT2D eigenvalue weighted by Gasteiger charge is 2.30. The summed E-state index contributed by atoms with van der Waals surface area (Å²) in [6.07, 6.45) is 5.62. The topological polar surface area (TPSA) is 15.3 Å². The zero-order valence-electron chi connectivity index (χ0n) is 10.5. The standard InChI is InChI=1S/C13H26N2/c1-10-5-4-6-11(2)13(10)14-12-7-8-15(3)9-12/h10-14H,4-9H2,1-3H3. The number of hydrogen-bond donors (Lipinski definition) is 1. The van der Waals surface area contributed by atoms with Crippen molar-refractivity contribution in [3.8, 4) is 0 Å². The summed E-state index contributed by atoms with van der Waals surface area (Å²) < 4.78 is 0. The number of rotatable bonds is 2. The Bertz CT molecular complexity index is 195. The van der Waals surface area contributed by atoms with Gasteiger partial charge in [0.15, 0.2) is 0 Å². The third kappa shape index (κ3) is 2.73. The minimum atomic E-state index is 0.753. The molecule has 1 N–H and O–H groups in total. The third-order valence-electron chi connectivity index (χ3n) is 4.36. The van der Waals surface area contributed by atoms with Crippen molar-refractivity contribution in [2.45, 2.75) is 51.6 Å². The van der Waals surface area contributed by atoms with Crippen LogP contribution in [-0.4, -0.2) is 37.1 Å². The molecule has 2 aliphatic rings. The average molecular weight is 210 g/mol. The molecule has 1 aliphatic carbocycles. The molecule has 1 saturated heterocycles. The Morgan fingerprint density at radius 3 is 2.27 bits per heavy atom. The summed E-state index contributed by atoms with van der Waals surface area (Å²) in [4.78, 5) is 2.44. The van der Waals surface area contributed by atoms with Crippen molar-refractivity contribution in [1.29, 1.82) is 0 Å². The fraction of sp³-hybridized carbons (Fsp3) is 1.00. The van der Waals surface area contributed by atoms with Crippen LogP contribution >= 0.6 is 0 Å². The van der Waals surface area contributed by atoms with Crippen LogP contribution < -0.4 is 5.32 Å². The molecule has 3 unspecified atom stereocenters. The molecule has 0 aromatic rings. The van der Waals surface area contributed by atoms with Crippen LogP contribution in [0.3, 0.4) is 0 Å². The lowest BCUT2D eigenvalue weighted by Crippen LogP contribution is -2.48. The molecule has 0 aromatic carbocycles. The minimum absolute atomic E-state index is 0.753. The monoisotopic (exact) mass is 210 g/mol. The second-order valence-corrected chi connectivity index (χ2v) is 5.83. The van der Waals surface area contributed by atoms with E-state index in [4.69, 9.17) is 0 Å². The SMILES string of the molecule is CC1CCCC(C)C1NC1CCN(C)C1. The number of nitrogens with one attached hydrogen (secondary N) is 1. The number of hydrogen-bond acceptors (Lipinski definition) is 2. The van der Waals surface area contributed by atoms with Crippen LogP contribution in [0.2, 0.25) is 0 Å². The molecule has 2 nitrogen and oxygen atoms in total. The van der Waals surface area contributed by atoms with Crippen molar-refractivity contribution in [2.75, 3.05) is 20.1 Å². The van der Waals surface area contributed by atoms with Crippen LogP contribution in [-0.2, 0) is 0 Å². The van der Waals surface area contributed by atoms with Crippen LogP contribution in [0.5, 0.6) is 0 Å². The van der Waals surface area contributed by atoms with Crippen molar-refractivity contribution in [2.24, 2.45) is 11.8 Å².